The third-order valence-electron chi connectivity index (χ3n) is 8.00. The van der Waals surface area contributed by atoms with Gasteiger partial charge in [-0.2, -0.15) is 0 Å². The molecular weight excluding hydrogens is 478 g/mol. The number of hydrogen-bond acceptors (Lipinski definition) is 6. The lowest BCUT2D eigenvalue weighted by Crippen LogP contribution is -2.58. The Balaban J connectivity index is 1.66. The van der Waals surface area contributed by atoms with Crippen molar-refractivity contribution in [2.45, 2.75) is 82.0 Å². The van der Waals surface area contributed by atoms with Crippen molar-refractivity contribution in [3.8, 4) is 5.75 Å². The highest BCUT2D eigenvalue weighted by Gasteiger charge is 2.74. The maximum Gasteiger partial charge on any atom is 0.244 e. The molecule has 0 radical (unpaired) electrons. The molecule has 3 aliphatic rings. The largest absolute Gasteiger partial charge is 0.494 e. The van der Waals surface area contributed by atoms with E-state index >= 15 is 0 Å². The molecule has 198 valence electrons. The Morgan fingerprint density at radius 1 is 1.19 bits per heavy atom. The fourth-order valence-electron chi connectivity index (χ4n) is 6.25. The summed E-state index contributed by atoms with van der Waals surface area (Å²) in [5.41, 5.74) is 0.648. The van der Waals surface area contributed by atoms with Crippen molar-refractivity contribution in [1.82, 2.24) is 10.2 Å². The summed E-state index contributed by atoms with van der Waals surface area (Å²) < 4.78 is 4.82. The van der Waals surface area contributed by atoms with Gasteiger partial charge in [0.15, 0.2) is 0 Å². The second kappa shape index (κ2) is 10.6. The summed E-state index contributed by atoms with van der Waals surface area (Å²) in [6, 6.07) is 5.95. The molecule has 8 nitrogen and oxygen atoms in total. The van der Waals surface area contributed by atoms with Gasteiger partial charge in [-0.25, -0.2) is 0 Å². The number of amides is 3. The number of thioether (sulfide) groups is 1. The number of carbonyl (C=O) groups excluding carboxylic acids is 3. The maximum absolute atomic E-state index is 14.1. The molecule has 0 aromatic heterocycles. The summed E-state index contributed by atoms with van der Waals surface area (Å²) in [6.45, 7) is 10.1. The van der Waals surface area contributed by atoms with E-state index in [1.165, 1.54) is 0 Å². The van der Waals surface area contributed by atoms with Crippen molar-refractivity contribution < 1.29 is 24.2 Å². The third-order valence-corrected chi connectivity index (χ3v) is 9.95. The Morgan fingerprint density at radius 3 is 2.47 bits per heavy atom. The van der Waals surface area contributed by atoms with Gasteiger partial charge in [-0.1, -0.05) is 20.3 Å². The molecule has 0 aliphatic carbocycles. The summed E-state index contributed by atoms with van der Waals surface area (Å²) >= 11 is 1.64. The van der Waals surface area contributed by atoms with Gasteiger partial charge in [-0.15, -0.1) is 11.8 Å². The first kappa shape index (κ1) is 26.8. The van der Waals surface area contributed by atoms with Crippen molar-refractivity contribution >= 4 is 35.2 Å². The maximum atomic E-state index is 14.1. The Hall–Kier alpha value is -2.26. The highest BCUT2D eigenvalue weighted by molar-refractivity contribution is 8.02. The molecule has 3 N–H and O–H groups in total. The molecule has 3 saturated heterocycles. The van der Waals surface area contributed by atoms with Crippen LogP contribution in [0, 0.1) is 17.8 Å². The van der Waals surface area contributed by atoms with E-state index in [9.17, 15) is 19.5 Å². The summed E-state index contributed by atoms with van der Waals surface area (Å²) in [5.74, 6) is -0.940. The van der Waals surface area contributed by atoms with Crippen LogP contribution in [-0.2, 0) is 14.4 Å². The first-order chi connectivity index (χ1) is 17.2. The average Bonchev–Trinajstić information content (AvgIpc) is 3.48. The molecule has 3 aliphatic heterocycles. The van der Waals surface area contributed by atoms with E-state index in [1.54, 1.807) is 28.8 Å². The Kier molecular flexibility index (Phi) is 7.90. The number of nitrogens with zero attached hydrogens (tertiary/aromatic N) is 1. The van der Waals surface area contributed by atoms with Gasteiger partial charge in [-0.05, 0) is 63.8 Å². The lowest BCUT2D eigenvalue weighted by Gasteiger charge is -2.39. The van der Waals surface area contributed by atoms with Gasteiger partial charge < -0.3 is 25.4 Å². The number of benzene rings is 1. The van der Waals surface area contributed by atoms with Crippen LogP contribution in [0.15, 0.2) is 24.3 Å². The van der Waals surface area contributed by atoms with Crippen molar-refractivity contribution in [3.05, 3.63) is 24.3 Å². The monoisotopic (exact) mass is 517 g/mol. The lowest BCUT2D eigenvalue weighted by molar-refractivity contribution is -0.143. The van der Waals surface area contributed by atoms with Crippen molar-refractivity contribution in [2.75, 3.05) is 18.5 Å². The first-order valence-corrected chi connectivity index (χ1v) is 14.0. The Morgan fingerprint density at radius 2 is 1.89 bits per heavy atom. The number of ether oxygens (including phenoxy) is 1. The molecular formula is C27H39N3O5S. The van der Waals surface area contributed by atoms with Gasteiger partial charge in [0.1, 0.15) is 11.8 Å². The number of aliphatic hydroxyl groups excluding tert-OH is 1. The Labute approximate surface area is 217 Å². The minimum Gasteiger partial charge on any atom is -0.494 e. The molecule has 36 heavy (non-hydrogen) atoms. The zero-order valence-corrected chi connectivity index (χ0v) is 22.6. The highest BCUT2D eigenvalue weighted by Crippen LogP contribution is 2.66. The third kappa shape index (κ3) is 4.49. The number of nitrogens with one attached hydrogen (secondary N) is 2. The molecule has 3 fully saturated rings. The van der Waals surface area contributed by atoms with E-state index in [0.717, 1.165) is 18.6 Å². The number of anilines is 1. The fourth-order valence-corrected chi connectivity index (χ4v) is 8.46. The second-order valence-corrected chi connectivity index (χ2v) is 12.1. The van der Waals surface area contributed by atoms with Crippen LogP contribution in [-0.4, -0.2) is 69.1 Å². The van der Waals surface area contributed by atoms with Crippen LogP contribution < -0.4 is 15.4 Å². The molecule has 1 aromatic carbocycles. The van der Waals surface area contributed by atoms with Crippen LogP contribution in [0.1, 0.15) is 53.9 Å². The number of fused-ring (bicyclic) bond motifs is 1. The molecule has 4 rings (SSSR count). The molecule has 3 amide bonds. The summed E-state index contributed by atoms with van der Waals surface area (Å²) in [6.07, 6.45) is 2.25. The minimum absolute atomic E-state index is 0.0156. The Bertz CT molecular complexity index is 986. The van der Waals surface area contributed by atoms with Crippen molar-refractivity contribution in [3.63, 3.8) is 0 Å². The zero-order chi connectivity index (χ0) is 26.2. The summed E-state index contributed by atoms with van der Waals surface area (Å²) in [4.78, 5) is 43.0. The van der Waals surface area contributed by atoms with Crippen LogP contribution >= 0.6 is 11.8 Å². The predicted molar refractivity (Wildman–Crippen MR) is 141 cm³/mol. The lowest BCUT2D eigenvalue weighted by atomic mass is 9.70. The van der Waals surface area contributed by atoms with E-state index in [0.29, 0.717) is 18.7 Å². The number of likely N-dealkylation sites (tertiary alicyclic amines) is 1. The molecule has 7 atom stereocenters. The molecule has 2 bridgehead atoms. The number of rotatable bonds is 10. The molecule has 3 heterocycles. The quantitative estimate of drug-likeness (QED) is 0.440. The normalized spacial score (nSPS) is 30.3. The number of carbonyl (C=O) groups is 3. The molecule has 2 unspecified atom stereocenters. The number of hydrogen-bond donors (Lipinski definition) is 3. The van der Waals surface area contributed by atoms with Crippen LogP contribution in [0.3, 0.4) is 0 Å². The first-order valence-electron chi connectivity index (χ1n) is 13.1. The second-order valence-electron chi connectivity index (χ2n) is 10.5. The molecule has 9 heteroatoms. The van der Waals surface area contributed by atoms with Crippen molar-refractivity contribution in [1.29, 1.82) is 0 Å². The van der Waals surface area contributed by atoms with E-state index in [1.807, 2.05) is 46.8 Å². The van der Waals surface area contributed by atoms with E-state index < -0.39 is 28.7 Å². The van der Waals surface area contributed by atoms with Crippen LogP contribution in [0.4, 0.5) is 5.69 Å². The molecule has 1 spiro atoms. The van der Waals surface area contributed by atoms with Crippen LogP contribution in [0.25, 0.3) is 0 Å². The topological polar surface area (TPSA) is 108 Å². The zero-order valence-electron chi connectivity index (χ0n) is 21.8. The van der Waals surface area contributed by atoms with Gasteiger partial charge in [0.25, 0.3) is 0 Å². The van der Waals surface area contributed by atoms with Gasteiger partial charge in [-0.3, -0.25) is 14.4 Å². The summed E-state index contributed by atoms with van der Waals surface area (Å²) in [5, 5.41) is 16.3. The van der Waals surface area contributed by atoms with E-state index in [4.69, 9.17) is 4.74 Å². The molecule has 0 saturated carbocycles. The molecule has 1 aromatic rings. The minimum atomic E-state index is -0.707. The van der Waals surface area contributed by atoms with E-state index in [2.05, 4.69) is 10.6 Å². The van der Waals surface area contributed by atoms with Gasteiger partial charge in [0, 0.05) is 17.0 Å². The van der Waals surface area contributed by atoms with Crippen molar-refractivity contribution in [2.24, 2.45) is 17.8 Å². The van der Waals surface area contributed by atoms with Gasteiger partial charge in [0.05, 0.1) is 35.8 Å². The van der Waals surface area contributed by atoms with Crippen LogP contribution in [0.5, 0.6) is 5.75 Å². The predicted octanol–water partition coefficient (Wildman–Crippen LogP) is 3.05. The van der Waals surface area contributed by atoms with Gasteiger partial charge >= 0.3 is 0 Å². The van der Waals surface area contributed by atoms with E-state index in [-0.39, 0.29) is 41.5 Å². The van der Waals surface area contributed by atoms with Crippen LogP contribution in [0.2, 0.25) is 0 Å². The fraction of sp³-hybridized carbons (Fsp3) is 0.667. The standard InChI is InChI=1S/C27H39N3O5S/c1-6-16(5)19(14-31)30-23(25(33)28-15(3)4)27-13-12-20(36-27)21(22(27)26(30)34)24(32)29-17-8-10-18(11-9-17)35-7-2/h8-11,15-16,19-23,31H,6-7,12-14H2,1-5H3,(H,28,33)(H,29,32)/t16-,19-,20-,21+,22-,23?,27?/m0/s1. The van der Waals surface area contributed by atoms with Gasteiger partial charge in [0.2, 0.25) is 17.7 Å². The number of aliphatic hydroxyl groups is 1. The smallest absolute Gasteiger partial charge is 0.244 e. The highest BCUT2D eigenvalue weighted by atomic mass is 32.2. The summed E-state index contributed by atoms with van der Waals surface area (Å²) in [7, 11) is 0. The SMILES string of the molecule is CCOc1ccc(NC(=O)[C@@H]2[C@@H]3CCC4(S3)C(C(=O)NC(C)C)N([C@@H](CO)[C@@H](C)CC)C(=O)[C@H]24)cc1. The average molecular weight is 518 g/mol.